The summed E-state index contributed by atoms with van der Waals surface area (Å²) >= 11 is 1.63. The Morgan fingerprint density at radius 1 is 1.44 bits per heavy atom. The molecule has 1 saturated carbocycles. The molecule has 2 rings (SSSR count). The predicted molar refractivity (Wildman–Crippen MR) is 71.5 cm³/mol. The Balaban J connectivity index is 0.00000128. The van der Waals surface area contributed by atoms with Crippen molar-refractivity contribution in [2.45, 2.75) is 31.7 Å². The molecule has 1 fully saturated rings. The number of amidine groups is 1. The minimum atomic E-state index is 0. The van der Waals surface area contributed by atoms with E-state index in [0.717, 1.165) is 5.56 Å². The second-order valence-corrected chi connectivity index (χ2v) is 5.16. The van der Waals surface area contributed by atoms with Gasteiger partial charge >= 0.3 is 0 Å². The number of halogens is 1. The lowest BCUT2D eigenvalue weighted by atomic mass is 9.97. The Hall–Kier alpha value is -0.580. The zero-order valence-corrected chi connectivity index (χ0v) is 10.7. The van der Waals surface area contributed by atoms with Gasteiger partial charge in [0.15, 0.2) is 0 Å². The van der Waals surface area contributed by atoms with Gasteiger partial charge in [0.05, 0.1) is 0 Å². The molecule has 0 bridgehead atoms. The minimum Gasteiger partial charge on any atom is -0.384 e. The fourth-order valence-corrected chi connectivity index (χ4v) is 3.22. The van der Waals surface area contributed by atoms with E-state index in [0.29, 0.717) is 5.92 Å². The molecular weight excluding hydrogens is 242 g/mol. The number of hydrogen-bond donors (Lipinski definition) is 3. The van der Waals surface area contributed by atoms with Gasteiger partial charge in [-0.1, -0.05) is 12.8 Å². The number of hydrogen-bond acceptors (Lipinski definition) is 3. The fraction of sp³-hybridized carbons (Fsp3) is 0.545. The third-order valence-electron chi connectivity index (χ3n) is 3.17. The van der Waals surface area contributed by atoms with E-state index in [2.05, 4.69) is 0 Å². The molecule has 1 aliphatic carbocycles. The summed E-state index contributed by atoms with van der Waals surface area (Å²) in [7, 11) is 0. The van der Waals surface area contributed by atoms with Gasteiger partial charge in [0.2, 0.25) is 0 Å². The summed E-state index contributed by atoms with van der Waals surface area (Å²) < 4.78 is 0. The first-order valence-electron chi connectivity index (χ1n) is 5.37. The molecule has 1 aliphatic rings. The van der Waals surface area contributed by atoms with Crippen LogP contribution in [0.4, 0.5) is 0 Å². The smallest absolute Gasteiger partial charge is 0.123 e. The lowest BCUT2D eigenvalue weighted by Crippen LogP contribution is -2.18. The van der Waals surface area contributed by atoms with Gasteiger partial charge in [-0.2, -0.15) is 0 Å². The van der Waals surface area contributed by atoms with E-state index in [1.54, 1.807) is 11.3 Å². The highest BCUT2D eigenvalue weighted by Gasteiger charge is 2.24. The highest BCUT2D eigenvalue weighted by molar-refractivity contribution is 7.10. The van der Waals surface area contributed by atoms with Crippen molar-refractivity contribution in [3.05, 3.63) is 21.9 Å². The highest BCUT2D eigenvalue weighted by Crippen LogP contribution is 2.36. The second kappa shape index (κ2) is 5.66. The normalized spacial score (nSPS) is 18.1. The first-order chi connectivity index (χ1) is 7.18. The standard InChI is InChI=1S/C11H17N3S.ClH/c12-10(7-3-1-2-4-7)9-5-8(6-15-9)11(13)14;/h5-7,10H,1-4,12H2,(H3,13,14);1H/t10-;/m0./s1. The SMILES string of the molecule is Cl.N=C(N)c1csc([C@@H](N)C2CCCC2)c1. The van der Waals surface area contributed by atoms with Crippen molar-refractivity contribution < 1.29 is 0 Å². The predicted octanol–water partition coefficient (Wildman–Crippen LogP) is 2.64. The molecule has 1 atom stereocenters. The van der Waals surface area contributed by atoms with Crippen LogP contribution in [0.25, 0.3) is 0 Å². The second-order valence-electron chi connectivity index (χ2n) is 4.22. The van der Waals surface area contributed by atoms with Gasteiger partial charge in [-0.25, -0.2) is 0 Å². The summed E-state index contributed by atoms with van der Waals surface area (Å²) in [5.41, 5.74) is 12.5. The maximum absolute atomic E-state index is 7.34. The van der Waals surface area contributed by atoms with Crippen LogP contribution in [0, 0.1) is 11.3 Å². The Labute approximate surface area is 106 Å². The first kappa shape index (κ1) is 13.5. The molecule has 1 aromatic heterocycles. The van der Waals surface area contributed by atoms with Crippen molar-refractivity contribution in [3.63, 3.8) is 0 Å². The molecule has 0 amide bonds. The maximum atomic E-state index is 7.34. The molecule has 16 heavy (non-hydrogen) atoms. The molecule has 0 unspecified atom stereocenters. The Kier molecular flexibility index (Phi) is 4.77. The molecule has 90 valence electrons. The molecule has 1 heterocycles. The van der Waals surface area contributed by atoms with E-state index in [9.17, 15) is 0 Å². The average molecular weight is 260 g/mol. The Morgan fingerprint density at radius 2 is 2.06 bits per heavy atom. The van der Waals surface area contributed by atoms with E-state index in [4.69, 9.17) is 16.9 Å². The highest BCUT2D eigenvalue weighted by atomic mass is 35.5. The average Bonchev–Trinajstić information content (AvgIpc) is 2.88. The molecule has 0 spiro atoms. The van der Waals surface area contributed by atoms with Crippen LogP contribution in [-0.4, -0.2) is 5.84 Å². The number of rotatable bonds is 3. The van der Waals surface area contributed by atoms with Gasteiger partial charge < -0.3 is 11.5 Å². The summed E-state index contributed by atoms with van der Waals surface area (Å²) in [6, 6.07) is 2.11. The molecule has 0 saturated heterocycles. The summed E-state index contributed by atoms with van der Waals surface area (Å²) in [5, 5.41) is 9.27. The molecule has 1 aromatic rings. The zero-order chi connectivity index (χ0) is 10.8. The minimum absolute atomic E-state index is 0. The third-order valence-corrected chi connectivity index (χ3v) is 4.20. The molecular formula is C11H18ClN3S. The van der Waals surface area contributed by atoms with E-state index >= 15 is 0 Å². The van der Waals surface area contributed by atoms with Crippen LogP contribution in [0.3, 0.4) is 0 Å². The number of nitrogens with one attached hydrogen (secondary N) is 1. The van der Waals surface area contributed by atoms with Crippen LogP contribution in [-0.2, 0) is 0 Å². The largest absolute Gasteiger partial charge is 0.384 e. The summed E-state index contributed by atoms with van der Waals surface area (Å²) in [5.74, 6) is 0.764. The van der Waals surface area contributed by atoms with Gasteiger partial charge in [-0.15, -0.1) is 23.7 Å². The summed E-state index contributed by atoms with van der Waals surface area (Å²) in [4.78, 5) is 1.17. The lowest BCUT2D eigenvalue weighted by Gasteiger charge is -2.16. The van der Waals surface area contributed by atoms with Gasteiger partial charge in [-0.3, -0.25) is 5.41 Å². The topological polar surface area (TPSA) is 75.9 Å². The van der Waals surface area contributed by atoms with Gasteiger partial charge in [0.25, 0.3) is 0 Å². The summed E-state index contributed by atoms with van der Waals surface area (Å²) in [6.07, 6.45) is 5.11. The molecule has 5 N–H and O–H groups in total. The summed E-state index contributed by atoms with van der Waals surface area (Å²) in [6.45, 7) is 0. The third kappa shape index (κ3) is 2.75. The number of thiophene rings is 1. The number of nitrogen functional groups attached to an aromatic ring is 1. The van der Waals surface area contributed by atoms with Crippen molar-refractivity contribution in [2.75, 3.05) is 0 Å². The lowest BCUT2D eigenvalue weighted by molar-refractivity contribution is 0.450. The van der Waals surface area contributed by atoms with Crippen molar-refractivity contribution in [1.29, 1.82) is 5.41 Å². The van der Waals surface area contributed by atoms with Crippen molar-refractivity contribution in [1.82, 2.24) is 0 Å². The van der Waals surface area contributed by atoms with Crippen LogP contribution in [0.2, 0.25) is 0 Å². The van der Waals surface area contributed by atoms with Crippen LogP contribution in [0.15, 0.2) is 11.4 Å². The van der Waals surface area contributed by atoms with E-state index < -0.39 is 0 Å². The van der Waals surface area contributed by atoms with E-state index in [1.165, 1.54) is 30.6 Å². The van der Waals surface area contributed by atoms with Crippen molar-refractivity contribution in [3.8, 4) is 0 Å². The molecule has 3 nitrogen and oxygen atoms in total. The monoisotopic (exact) mass is 259 g/mol. The quantitative estimate of drug-likeness (QED) is 0.577. The zero-order valence-electron chi connectivity index (χ0n) is 9.11. The van der Waals surface area contributed by atoms with Crippen LogP contribution < -0.4 is 11.5 Å². The van der Waals surface area contributed by atoms with Crippen molar-refractivity contribution in [2.24, 2.45) is 17.4 Å². The van der Waals surface area contributed by atoms with Crippen LogP contribution in [0.1, 0.15) is 42.2 Å². The first-order valence-corrected chi connectivity index (χ1v) is 6.25. The molecule has 0 radical (unpaired) electrons. The fourth-order valence-electron chi connectivity index (χ4n) is 2.22. The van der Waals surface area contributed by atoms with Crippen LogP contribution >= 0.6 is 23.7 Å². The molecule has 5 heteroatoms. The molecule has 0 aromatic carbocycles. The van der Waals surface area contributed by atoms with E-state index in [1.807, 2.05) is 11.4 Å². The molecule has 0 aliphatic heterocycles. The Morgan fingerprint density at radius 3 is 2.56 bits per heavy atom. The van der Waals surface area contributed by atoms with E-state index in [-0.39, 0.29) is 24.3 Å². The van der Waals surface area contributed by atoms with Crippen molar-refractivity contribution >= 4 is 29.6 Å². The van der Waals surface area contributed by atoms with Gasteiger partial charge in [0.1, 0.15) is 5.84 Å². The maximum Gasteiger partial charge on any atom is 0.123 e. The number of nitrogens with two attached hydrogens (primary N) is 2. The van der Waals surface area contributed by atoms with Gasteiger partial charge in [-0.05, 0) is 24.8 Å². The van der Waals surface area contributed by atoms with Gasteiger partial charge in [0, 0.05) is 21.9 Å². The Bertz CT molecular complexity index is 358. The van der Waals surface area contributed by atoms with Crippen LogP contribution in [0.5, 0.6) is 0 Å².